The molecular formula is C8H20N2O. The molecule has 3 heteroatoms. The van der Waals surface area contributed by atoms with Crippen LogP contribution in [0, 0.1) is 0 Å². The lowest BCUT2D eigenvalue weighted by Gasteiger charge is -2.28. The molecule has 0 heterocycles. The molecule has 0 saturated heterocycles. The van der Waals surface area contributed by atoms with Gasteiger partial charge in [0.15, 0.2) is 0 Å². The first kappa shape index (κ1) is 10.9. The molecule has 0 aromatic heterocycles. The zero-order valence-electron chi connectivity index (χ0n) is 7.91. The second-order valence-electron chi connectivity index (χ2n) is 3.39. The van der Waals surface area contributed by atoms with E-state index < -0.39 is 0 Å². The van der Waals surface area contributed by atoms with E-state index in [4.69, 9.17) is 10.8 Å². The van der Waals surface area contributed by atoms with Gasteiger partial charge < -0.3 is 10.8 Å². The van der Waals surface area contributed by atoms with E-state index in [1.54, 1.807) is 6.92 Å². The number of nitrogens with two attached hydrogens (primary N) is 1. The Morgan fingerprint density at radius 3 is 2.09 bits per heavy atom. The Bertz CT molecular complexity index is 104. The molecule has 0 saturated carbocycles. The molecule has 0 fully saturated rings. The smallest absolute Gasteiger partial charge is 0.0639 e. The normalized spacial score (nSPS) is 19.9. The average molecular weight is 160 g/mol. The van der Waals surface area contributed by atoms with Crippen molar-refractivity contribution in [2.75, 3.05) is 13.6 Å². The lowest BCUT2D eigenvalue weighted by molar-refractivity contribution is 0.115. The van der Waals surface area contributed by atoms with Gasteiger partial charge in [0, 0.05) is 18.6 Å². The molecule has 3 atom stereocenters. The van der Waals surface area contributed by atoms with Crippen molar-refractivity contribution in [3.63, 3.8) is 0 Å². The highest BCUT2D eigenvalue weighted by Crippen LogP contribution is 1.99. The van der Waals surface area contributed by atoms with Gasteiger partial charge in [0.2, 0.25) is 0 Å². The maximum atomic E-state index is 9.07. The lowest BCUT2D eigenvalue weighted by Crippen LogP contribution is -2.44. The summed E-state index contributed by atoms with van der Waals surface area (Å²) in [6.45, 7) is 6.50. The summed E-state index contributed by atoms with van der Waals surface area (Å²) in [4.78, 5) is 2.06. The van der Waals surface area contributed by atoms with Gasteiger partial charge in [0.25, 0.3) is 0 Å². The van der Waals surface area contributed by atoms with Gasteiger partial charge in [-0.05, 0) is 27.8 Å². The summed E-state index contributed by atoms with van der Waals surface area (Å²) in [5, 5.41) is 9.07. The Hall–Kier alpha value is -0.120. The standard InChI is InChI=1S/C8H20N2O/c1-6(11)5-10(4)8(3)7(2)9/h6-8,11H,5,9H2,1-4H3. The molecule has 0 aliphatic carbocycles. The van der Waals surface area contributed by atoms with Crippen LogP contribution in [0.5, 0.6) is 0 Å². The molecule has 68 valence electrons. The molecule has 3 nitrogen and oxygen atoms in total. The van der Waals surface area contributed by atoms with E-state index in [0.29, 0.717) is 12.6 Å². The Labute approximate surface area is 69.2 Å². The number of nitrogens with zero attached hydrogens (tertiary/aromatic N) is 1. The van der Waals surface area contributed by atoms with Crippen molar-refractivity contribution in [1.82, 2.24) is 4.90 Å². The summed E-state index contributed by atoms with van der Waals surface area (Å²) >= 11 is 0. The molecule has 3 unspecified atom stereocenters. The first-order valence-corrected chi connectivity index (χ1v) is 4.09. The van der Waals surface area contributed by atoms with Crippen molar-refractivity contribution in [1.29, 1.82) is 0 Å². The number of likely N-dealkylation sites (N-methyl/N-ethyl adjacent to an activating group) is 1. The van der Waals surface area contributed by atoms with Crippen LogP contribution in [0.25, 0.3) is 0 Å². The van der Waals surface area contributed by atoms with Crippen LogP contribution in [0.3, 0.4) is 0 Å². The fourth-order valence-electron chi connectivity index (χ4n) is 0.984. The topological polar surface area (TPSA) is 49.5 Å². The van der Waals surface area contributed by atoms with Gasteiger partial charge in [-0.15, -0.1) is 0 Å². The van der Waals surface area contributed by atoms with Crippen LogP contribution in [-0.4, -0.2) is 41.8 Å². The Morgan fingerprint density at radius 1 is 1.36 bits per heavy atom. The lowest BCUT2D eigenvalue weighted by atomic mass is 10.1. The van der Waals surface area contributed by atoms with Gasteiger partial charge in [0.1, 0.15) is 0 Å². The second kappa shape index (κ2) is 4.70. The van der Waals surface area contributed by atoms with Crippen molar-refractivity contribution >= 4 is 0 Å². The predicted molar refractivity (Wildman–Crippen MR) is 47.4 cm³/mol. The first-order valence-electron chi connectivity index (χ1n) is 4.09. The van der Waals surface area contributed by atoms with Crippen LogP contribution in [0.15, 0.2) is 0 Å². The van der Waals surface area contributed by atoms with Crippen molar-refractivity contribution < 1.29 is 5.11 Å². The maximum Gasteiger partial charge on any atom is 0.0639 e. The van der Waals surface area contributed by atoms with Crippen molar-refractivity contribution in [2.45, 2.75) is 39.0 Å². The third-order valence-corrected chi connectivity index (χ3v) is 2.01. The average Bonchev–Trinajstić information content (AvgIpc) is 1.84. The van der Waals surface area contributed by atoms with E-state index in [-0.39, 0.29) is 12.1 Å². The number of hydrogen-bond acceptors (Lipinski definition) is 3. The highest BCUT2D eigenvalue weighted by atomic mass is 16.3. The molecule has 0 aromatic rings. The highest BCUT2D eigenvalue weighted by Gasteiger charge is 2.14. The zero-order valence-corrected chi connectivity index (χ0v) is 7.91. The van der Waals surface area contributed by atoms with Crippen LogP contribution in [0.4, 0.5) is 0 Å². The van der Waals surface area contributed by atoms with Crippen molar-refractivity contribution in [2.24, 2.45) is 5.73 Å². The summed E-state index contributed by atoms with van der Waals surface area (Å²) in [5.41, 5.74) is 5.69. The summed E-state index contributed by atoms with van der Waals surface area (Å²) in [6, 6.07) is 0.475. The zero-order chi connectivity index (χ0) is 9.02. The molecule has 0 spiro atoms. The van der Waals surface area contributed by atoms with Gasteiger partial charge >= 0.3 is 0 Å². The minimum atomic E-state index is -0.277. The first-order chi connectivity index (χ1) is 4.95. The molecule has 0 amide bonds. The van der Waals surface area contributed by atoms with E-state index in [1.807, 2.05) is 14.0 Å². The summed E-state index contributed by atoms with van der Waals surface area (Å²) in [6.07, 6.45) is -0.277. The highest BCUT2D eigenvalue weighted by molar-refractivity contribution is 4.73. The van der Waals surface area contributed by atoms with Crippen molar-refractivity contribution in [3.05, 3.63) is 0 Å². The summed E-state index contributed by atoms with van der Waals surface area (Å²) in [5.74, 6) is 0. The van der Waals surface area contributed by atoms with Crippen LogP contribution >= 0.6 is 0 Å². The van der Waals surface area contributed by atoms with E-state index in [2.05, 4.69) is 11.8 Å². The van der Waals surface area contributed by atoms with E-state index >= 15 is 0 Å². The quantitative estimate of drug-likeness (QED) is 0.610. The Morgan fingerprint density at radius 2 is 1.82 bits per heavy atom. The molecular weight excluding hydrogens is 140 g/mol. The SMILES string of the molecule is CC(O)CN(C)C(C)C(C)N. The van der Waals surface area contributed by atoms with Crippen LogP contribution in [0.1, 0.15) is 20.8 Å². The minimum Gasteiger partial charge on any atom is -0.392 e. The fourth-order valence-corrected chi connectivity index (χ4v) is 0.984. The van der Waals surface area contributed by atoms with Gasteiger partial charge in [-0.25, -0.2) is 0 Å². The molecule has 0 aliphatic rings. The maximum absolute atomic E-state index is 9.07. The van der Waals surface area contributed by atoms with Gasteiger partial charge in [-0.2, -0.15) is 0 Å². The van der Waals surface area contributed by atoms with E-state index in [0.717, 1.165) is 0 Å². The second-order valence-corrected chi connectivity index (χ2v) is 3.39. The molecule has 0 radical (unpaired) electrons. The monoisotopic (exact) mass is 160 g/mol. The largest absolute Gasteiger partial charge is 0.392 e. The van der Waals surface area contributed by atoms with Gasteiger partial charge in [-0.3, -0.25) is 4.90 Å². The number of hydrogen-bond donors (Lipinski definition) is 2. The van der Waals surface area contributed by atoms with Crippen LogP contribution < -0.4 is 5.73 Å². The van der Waals surface area contributed by atoms with Crippen LogP contribution in [0.2, 0.25) is 0 Å². The molecule has 0 aliphatic heterocycles. The van der Waals surface area contributed by atoms with Crippen LogP contribution in [-0.2, 0) is 0 Å². The number of rotatable bonds is 4. The van der Waals surface area contributed by atoms with Gasteiger partial charge in [0.05, 0.1) is 6.10 Å². The molecule has 0 bridgehead atoms. The molecule has 3 N–H and O–H groups in total. The van der Waals surface area contributed by atoms with E-state index in [9.17, 15) is 0 Å². The summed E-state index contributed by atoms with van der Waals surface area (Å²) < 4.78 is 0. The third kappa shape index (κ3) is 4.35. The number of aliphatic hydroxyl groups is 1. The molecule has 0 aromatic carbocycles. The predicted octanol–water partition coefficient (Wildman–Crippen LogP) is 0.0347. The fraction of sp³-hybridized carbons (Fsp3) is 1.00. The van der Waals surface area contributed by atoms with E-state index in [1.165, 1.54) is 0 Å². The Kier molecular flexibility index (Phi) is 4.65. The summed E-state index contributed by atoms with van der Waals surface area (Å²) in [7, 11) is 1.97. The van der Waals surface area contributed by atoms with Crippen molar-refractivity contribution in [3.8, 4) is 0 Å². The molecule has 0 rings (SSSR count). The van der Waals surface area contributed by atoms with Gasteiger partial charge in [-0.1, -0.05) is 0 Å². The third-order valence-electron chi connectivity index (χ3n) is 2.01. The number of aliphatic hydroxyl groups excluding tert-OH is 1. The Balaban J connectivity index is 3.73. The minimum absolute atomic E-state index is 0.152. The molecule has 11 heavy (non-hydrogen) atoms.